The van der Waals surface area contributed by atoms with Crippen molar-refractivity contribution in [3.8, 4) is 11.8 Å². The summed E-state index contributed by atoms with van der Waals surface area (Å²) in [5.74, 6) is 1.04. The highest BCUT2D eigenvalue weighted by atomic mass is 16.5. The van der Waals surface area contributed by atoms with E-state index in [1.807, 2.05) is 48.5 Å². The second-order valence-electron chi connectivity index (χ2n) is 7.49. The molecule has 4 heteroatoms. The van der Waals surface area contributed by atoms with Gasteiger partial charge in [0.1, 0.15) is 17.4 Å². The zero-order valence-corrected chi connectivity index (χ0v) is 16.5. The lowest BCUT2D eigenvalue weighted by molar-refractivity contribution is 0.394. The fourth-order valence-corrected chi connectivity index (χ4v) is 3.64. The quantitative estimate of drug-likeness (QED) is 0.602. The van der Waals surface area contributed by atoms with Crippen LogP contribution in [-0.2, 0) is 0 Å². The lowest BCUT2D eigenvalue weighted by atomic mass is 9.83. The van der Waals surface area contributed by atoms with Crippen LogP contribution in [0, 0.1) is 11.3 Å². The van der Waals surface area contributed by atoms with E-state index >= 15 is 0 Å². The molecule has 0 saturated carbocycles. The normalized spacial score (nSPS) is 15.4. The molecule has 144 valence electrons. The van der Waals surface area contributed by atoms with E-state index in [0.29, 0.717) is 17.2 Å². The van der Waals surface area contributed by atoms with E-state index in [1.54, 1.807) is 0 Å². The Labute approximate surface area is 171 Å². The summed E-state index contributed by atoms with van der Waals surface area (Å²) in [6.45, 7) is 4.33. The highest BCUT2D eigenvalue weighted by Gasteiger charge is 2.30. The van der Waals surface area contributed by atoms with Gasteiger partial charge in [-0.25, -0.2) is 0 Å². The fraction of sp³-hybridized carbons (Fsp3) is 0.160. The zero-order valence-electron chi connectivity index (χ0n) is 16.5. The average Bonchev–Trinajstić information content (AvgIpc) is 2.73. The predicted octanol–water partition coefficient (Wildman–Crippen LogP) is 5.77. The standard InChI is InChI=1S/C25H23N3O/c1-16(2)17-8-10-18(11-9-17)24-21-13-12-20(28-19-6-4-3-5-7-19)14-23(21)29-25(27)22(24)15-26/h3-14,16,24,28H,27H2,1-2H3/t24-/m1/s1. The van der Waals surface area contributed by atoms with Crippen LogP contribution in [0.2, 0.25) is 0 Å². The Balaban J connectivity index is 1.73. The maximum Gasteiger partial charge on any atom is 0.205 e. The first-order chi connectivity index (χ1) is 14.1. The van der Waals surface area contributed by atoms with Crippen molar-refractivity contribution >= 4 is 11.4 Å². The van der Waals surface area contributed by atoms with Crippen molar-refractivity contribution in [2.45, 2.75) is 25.7 Å². The fourth-order valence-electron chi connectivity index (χ4n) is 3.64. The van der Waals surface area contributed by atoms with E-state index in [0.717, 1.165) is 22.5 Å². The van der Waals surface area contributed by atoms with Crippen molar-refractivity contribution in [3.05, 3.63) is 101 Å². The van der Waals surface area contributed by atoms with Gasteiger partial charge >= 0.3 is 0 Å². The van der Waals surface area contributed by atoms with Gasteiger partial charge in [0.2, 0.25) is 5.88 Å². The van der Waals surface area contributed by atoms with Crippen molar-refractivity contribution in [2.24, 2.45) is 5.73 Å². The third-order valence-corrected chi connectivity index (χ3v) is 5.22. The highest BCUT2D eigenvalue weighted by molar-refractivity contribution is 5.65. The first-order valence-corrected chi connectivity index (χ1v) is 9.70. The number of nitrogens with two attached hydrogens (primary N) is 1. The van der Waals surface area contributed by atoms with Gasteiger partial charge in [0.05, 0.1) is 5.92 Å². The number of nitrogens with zero attached hydrogens (tertiary/aromatic N) is 1. The highest BCUT2D eigenvalue weighted by Crippen LogP contribution is 2.43. The Morgan fingerprint density at radius 1 is 0.966 bits per heavy atom. The number of nitrogens with one attached hydrogen (secondary N) is 1. The van der Waals surface area contributed by atoms with E-state index < -0.39 is 0 Å². The number of rotatable bonds is 4. The number of benzene rings is 3. The maximum absolute atomic E-state index is 9.73. The summed E-state index contributed by atoms with van der Waals surface area (Å²) < 4.78 is 5.82. The molecule has 0 aliphatic carbocycles. The molecule has 0 radical (unpaired) electrons. The Kier molecular flexibility index (Phi) is 4.97. The smallest absolute Gasteiger partial charge is 0.205 e. The Morgan fingerprint density at radius 2 is 1.69 bits per heavy atom. The van der Waals surface area contributed by atoms with Crippen molar-refractivity contribution in [1.29, 1.82) is 5.26 Å². The molecule has 1 aliphatic rings. The van der Waals surface area contributed by atoms with E-state index in [9.17, 15) is 5.26 Å². The van der Waals surface area contributed by atoms with E-state index in [2.05, 4.69) is 49.5 Å². The largest absolute Gasteiger partial charge is 0.440 e. The molecule has 0 spiro atoms. The predicted molar refractivity (Wildman–Crippen MR) is 116 cm³/mol. The summed E-state index contributed by atoms with van der Waals surface area (Å²) in [6.07, 6.45) is 0. The molecule has 0 unspecified atom stereocenters. The number of anilines is 2. The summed E-state index contributed by atoms with van der Waals surface area (Å²) >= 11 is 0. The molecule has 4 rings (SSSR count). The molecule has 29 heavy (non-hydrogen) atoms. The first kappa shape index (κ1) is 18.6. The molecule has 1 heterocycles. The van der Waals surface area contributed by atoms with Crippen LogP contribution in [-0.4, -0.2) is 0 Å². The van der Waals surface area contributed by atoms with Gasteiger partial charge in [-0.1, -0.05) is 62.4 Å². The van der Waals surface area contributed by atoms with Crippen LogP contribution < -0.4 is 15.8 Å². The molecule has 0 saturated heterocycles. The number of hydrogen-bond acceptors (Lipinski definition) is 4. The molecule has 3 aromatic rings. The number of para-hydroxylation sites is 1. The Morgan fingerprint density at radius 3 is 2.34 bits per heavy atom. The zero-order chi connectivity index (χ0) is 20.4. The summed E-state index contributed by atoms with van der Waals surface area (Å²) in [5.41, 5.74) is 11.7. The summed E-state index contributed by atoms with van der Waals surface area (Å²) in [6, 6.07) is 26.5. The van der Waals surface area contributed by atoms with Gasteiger partial charge in [-0.15, -0.1) is 0 Å². The molecule has 4 nitrogen and oxygen atoms in total. The SMILES string of the molecule is CC(C)c1ccc([C@H]2C(C#N)=C(N)Oc3cc(Nc4ccccc4)ccc32)cc1. The Hall–Kier alpha value is -3.71. The van der Waals surface area contributed by atoms with Gasteiger partial charge in [0.25, 0.3) is 0 Å². The molecule has 0 fully saturated rings. The van der Waals surface area contributed by atoms with Crippen LogP contribution in [0.15, 0.2) is 84.3 Å². The number of allylic oxidation sites excluding steroid dienone is 1. The summed E-state index contributed by atoms with van der Waals surface area (Å²) in [5, 5.41) is 13.1. The maximum atomic E-state index is 9.73. The van der Waals surface area contributed by atoms with Crippen LogP contribution in [0.1, 0.15) is 42.4 Å². The third-order valence-electron chi connectivity index (χ3n) is 5.22. The van der Waals surface area contributed by atoms with Crippen LogP contribution >= 0.6 is 0 Å². The molecule has 0 amide bonds. The molecular weight excluding hydrogens is 358 g/mol. The van der Waals surface area contributed by atoms with Gasteiger partial charge in [-0.3, -0.25) is 0 Å². The monoisotopic (exact) mass is 381 g/mol. The van der Waals surface area contributed by atoms with Gasteiger partial charge in [0, 0.05) is 23.0 Å². The second kappa shape index (κ2) is 7.73. The van der Waals surface area contributed by atoms with Crippen LogP contribution in [0.3, 0.4) is 0 Å². The summed E-state index contributed by atoms with van der Waals surface area (Å²) in [4.78, 5) is 0. The topological polar surface area (TPSA) is 71.1 Å². The lowest BCUT2D eigenvalue weighted by Gasteiger charge is -2.27. The van der Waals surface area contributed by atoms with E-state index in [-0.39, 0.29) is 11.8 Å². The van der Waals surface area contributed by atoms with Crippen LogP contribution in [0.25, 0.3) is 0 Å². The van der Waals surface area contributed by atoms with Crippen molar-refractivity contribution < 1.29 is 4.74 Å². The minimum Gasteiger partial charge on any atom is -0.440 e. The first-order valence-electron chi connectivity index (χ1n) is 9.70. The molecule has 3 aromatic carbocycles. The third kappa shape index (κ3) is 3.68. The average molecular weight is 381 g/mol. The van der Waals surface area contributed by atoms with Crippen LogP contribution in [0.4, 0.5) is 11.4 Å². The van der Waals surface area contributed by atoms with Gasteiger partial charge in [0.15, 0.2) is 0 Å². The number of fused-ring (bicyclic) bond motifs is 1. The number of ether oxygens (including phenoxy) is 1. The number of hydrogen-bond donors (Lipinski definition) is 2. The van der Waals surface area contributed by atoms with Gasteiger partial charge in [-0.05, 0) is 35.2 Å². The van der Waals surface area contributed by atoms with Crippen molar-refractivity contribution in [3.63, 3.8) is 0 Å². The molecule has 1 aliphatic heterocycles. The Bertz CT molecular complexity index is 1090. The molecule has 1 atom stereocenters. The van der Waals surface area contributed by atoms with Gasteiger partial charge < -0.3 is 15.8 Å². The van der Waals surface area contributed by atoms with Crippen molar-refractivity contribution in [2.75, 3.05) is 5.32 Å². The van der Waals surface area contributed by atoms with Crippen molar-refractivity contribution in [1.82, 2.24) is 0 Å². The van der Waals surface area contributed by atoms with Crippen LogP contribution in [0.5, 0.6) is 5.75 Å². The summed E-state index contributed by atoms with van der Waals surface area (Å²) in [7, 11) is 0. The molecule has 0 bridgehead atoms. The second-order valence-corrected chi connectivity index (χ2v) is 7.49. The molecule has 0 aromatic heterocycles. The molecular formula is C25H23N3O. The molecule has 3 N–H and O–H groups in total. The number of nitriles is 1. The lowest BCUT2D eigenvalue weighted by Crippen LogP contribution is -2.21. The van der Waals surface area contributed by atoms with Gasteiger partial charge in [-0.2, -0.15) is 5.26 Å². The van der Waals surface area contributed by atoms with E-state index in [4.69, 9.17) is 10.5 Å². The van der Waals surface area contributed by atoms with E-state index in [1.165, 1.54) is 5.56 Å². The minimum atomic E-state index is -0.240. The minimum absolute atomic E-state index is 0.162.